The van der Waals surface area contributed by atoms with E-state index < -0.39 is 23.4 Å². The van der Waals surface area contributed by atoms with E-state index in [-0.39, 0.29) is 23.7 Å². The zero-order valence-electron chi connectivity index (χ0n) is 27.4. The second-order valence-electron chi connectivity index (χ2n) is 11.4. The maximum Gasteiger partial charge on any atom is 0.434 e. The molecule has 2 heterocycles. The number of aryl methyl sites for hydroxylation is 2. The van der Waals surface area contributed by atoms with Crippen molar-refractivity contribution >= 4 is 62.9 Å². The Hall–Kier alpha value is -5.21. The lowest BCUT2D eigenvalue weighted by Crippen LogP contribution is -2.44. The van der Waals surface area contributed by atoms with Crippen molar-refractivity contribution in [3.63, 3.8) is 0 Å². The number of methoxy groups -OCH3 is 1. The van der Waals surface area contributed by atoms with Crippen LogP contribution in [0.25, 0.3) is 10.9 Å². The fourth-order valence-corrected chi connectivity index (χ4v) is 5.71. The average Bonchev–Trinajstić information content (AvgIpc) is 3.11. The molecule has 4 aromatic rings. The summed E-state index contributed by atoms with van der Waals surface area (Å²) in [5.74, 6) is -0.199. The first-order valence-corrected chi connectivity index (χ1v) is 16.2. The molecule has 1 saturated heterocycles. The van der Waals surface area contributed by atoms with Crippen LogP contribution in [0.4, 0.5) is 36.1 Å². The molecular formula is C35H36ClF3N8O3. The van der Waals surface area contributed by atoms with E-state index in [1.165, 1.54) is 43.8 Å². The zero-order chi connectivity index (χ0) is 35.8. The number of benzene rings is 3. The Bertz CT molecular complexity index is 1930. The first-order chi connectivity index (χ1) is 24.0. The van der Waals surface area contributed by atoms with Gasteiger partial charge in [-0.3, -0.25) is 9.59 Å². The molecule has 0 unspecified atom stereocenters. The van der Waals surface area contributed by atoms with Crippen LogP contribution in [0.3, 0.4) is 0 Å². The predicted molar refractivity (Wildman–Crippen MR) is 189 cm³/mol. The second kappa shape index (κ2) is 16.0. The second-order valence-corrected chi connectivity index (χ2v) is 11.8. The quantitative estimate of drug-likeness (QED) is 0.110. The Kier molecular flexibility index (Phi) is 11.5. The van der Waals surface area contributed by atoms with Crippen LogP contribution in [0.5, 0.6) is 5.75 Å². The van der Waals surface area contributed by atoms with Gasteiger partial charge in [-0.1, -0.05) is 24.6 Å². The number of hydrogen-bond donors (Lipinski definition) is 4. The number of nitrogens with two attached hydrogens (primary N) is 1. The number of anilines is 3. The smallest absolute Gasteiger partial charge is 0.434 e. The summed E-state index contributed by atoms with van der Waals surface area (Å²) in [5.41, 5.74) is 5.77. The van der Waals surface area contributed by atoms with Gasteiger partial charge in [0.25, 0.3) is 5.91 Å². The van der Waals surface area contributed by atoms with Gasteiger partial charge < -0.3 is 31.3 Å². The van der Waals surface area contributed by atoms with Gasteiger partial charge in [-0.15, -0.1) is 0 Å². The van der Waals surface area contributed by atoms with E-state index in [1.807, 2.05) is 12.1 Å². The van der Waals surface area contributed by atoms with Crippen molar-refractivity contribution in [2.45, 2.75) is 32.4 Å². The Morgan fingerprint density at radius 1 is 1.04 bits per heavy atom. The van der Waals surface area contributed by atoms with Crippen molar-refractivity contribution in [3.05, 3.63) is 88.8 Å². The van der Waals surface area contributed by atoms with Crippen molar-refractivity contribution in [2.75, 3.05) is 48.8 Å². The maximum atomic E-state index is 14.3. The summed E-state index contributed by atoms with van der Waals surface area (Å²) in [5, 5.41) is 9.93. The molecule has 262 valence electrons. The molecule has 0 bridgehead atoms. The highest BCUT2D eigenvalue weighted by Gasteiger charge is 2.40. The molecule has 0 saturated carbocycles. The van der Waals surface area contributed by atoms with E-state index in [0.29, 0.717) is 46.6 Å². The van der Waals surface area contributed by atoms with Gasteiger partial charge >= 0.3 is 6.18 Å². The van der Waals surface area contributed by atoms with Crippen LogP contribution in [-0.2, 0) is 22.4 Å². The highest BCUT2D eigenvalue weighted by molar-refractivity contribution is 6.32. The third-order valence-electron chi connectivity index (χ3n) is 8.07. The molecule has 0 radical (unpaired) electrons. The number of amides is 2. The fourth-order valence-electron chi connectivity index (χ4n) is 5.45. The topological polar surface area (TPSA) is 147 Å². The Morgan fingerprint density at radius 2 is 1.76 bits per heavy atom. The average molecular weight is 709 g/mol. The number of nitrogens with zero attached hydrogens (tertiary/aromatic N) is 4. The van der Waals surface area contributed by atoms with Gasteiger partial charge in [0.05, 0.1) is 23.9 Å². The number of aliphatic imine (C=N–C) groups is 1. The van der Waals surface area contributed by atoms with Crippen molar-refractivity contribution in [2.24, 2.45) is 10.7 Å². The summed E-state index contributed by atoms with van der Waals surface area (Å²) in [7, 11) is 1.42. The summed E-state index contributed by atoms with van der Waals surface area (Å²) in [6.45, 7) is 4.96. The number of hydrogen-bond acceptors (Lipinski definition) is 9. The molecule has 1 aliphatic rings. The Morgan fingerprint density at radius 3 is 2.42 bits per heavy atom. The molecule has 0 aliphatic carbocycles. The van der Waals surface area contributed by atoms with Gasteiger partial charge in [0, 0.05) is 60.6 Å². The minimum absolute atomic E-state index is 0.0622. The number of piperazine rings is 1. The monoisotopic (exact) mass is 708 g/mol. The minimum atomic E-state index is -5.02. The molecule has 1 aliphatic heterocycles. The highest BCUT2D eigenvalue weighted by atomic mass is 35.5. The normalized spacial score (nSPS) is 14.1. The molecule has 0 atom stereocenters. The van der Waals surface area contributed by atoms with E-state index in [1.54, 1.807) is 19.1 Å². The SMILES string of the molecule is CCC(=O)Nc1ccc(CCc2cc3ncnc(N4CCNCC4)c3cc2Cl)c(NC(=O)C(=CN)C(=Nc2ccc(OC)cc2)C(F)(F)F)c1. The van der Waals surface area contributed by atoms with Crippen LogP contribution in [0.2, 0.25) is 5.02 Å². The highest BCUT2D eigenvalue weighted by Crippen LogP contribution is 2.32. The lowest BCUT2D eigenvalue weighted by Gasteiger charge is -2.29. The Labute approximate surface area is 291 Å². The van der Waals surface area contributed by atoms with Crippen LogP contribution in [0.1, 0.15) is 24.5 Å². The number of alkyl halides is 3. The summed E-state index contributed by atoms with van der Waals surface area (Å²) in [6.07, 6.45) is -2.02. The maximum absolute atomic E-state index is 14.3. The summed E-state index contributed by atoms with van der Waals surface area (Å²) in [4.78, 5) is 40.5. The van der Waals surface area contributed by atoms with E-state index in [2.05, 4.69) is 35.8 Å². The van der Waals surface area contributed by atoms with Gasteiger partial charge in [0.15, 0.2) is 5.71 Å². The van der Waals surface area contributed by atoms with Gasteiger partial charge in [0.2, 0.25) is 5.91 Å². The van der Waals surface area contributed by atoms with Crippen molar-refractivity contribution < 1.29 is 27.5 Å². The minimum Gasteiger partial charge on any atom is -0.497 e. The molecule has 0 spiro atoms. The molecule has 5 N–H and O–H groups in total. The van der Waals surface area contributed by atoms with Crippen LogP contribution in [0.15, 0.2) is 77.7 Å². The number of ether oxygens (including phenoxy) is 1. The number of carbonyl (C=O) groups excluding carboxylic acids is 2. The van der Waals surface area contributed by atoms with E-state index in [9.17, 15) is 22.8 Å². The number of nitrogens with one attached hydrogen (secondary N) is 3. The number of aromatic nitrogens is 2. The van der Waals surface area contributed by atoms with Crippen molar-refractivity contribution in [3.8, 4) is 5.75 Å². The summed E-state index contributed by atoms with van der Waals surface area (Å²) in [6, 6.07) is 14.1. The zero-order valence-corrected chi connectivity index (χ0v) is 28.2. The molecule has 5 rings (SSSR count). The van der Waals surface area contributed by atoms with E-state index in [0.717, 1.165) is 42.9 Å². The molecule has 11 nitrogen and oxygen atoms in total. The van der Waals surface area contributed by atoms with Crippen molar-refractivity contribution in [1.29, 1.82) is 0 Å². The first-order valence-electron chi connectivity index (χ1n) is 15.9. The van der Waals surface area contributed by atoms with E-state index in [4.69, 9.17) is 22.1 Å². The third-order valence-corrected chi connectivity index (χ3v) is 8.43. The lowest BCUT2D eigenvalue weighted by atomic mass is 10.0. The fraction of sp³-hybridized carbons (Fsp3) is 0.286. The third kappa shape index (κ3) is 8.68. The van der Waals surface area contributed by atoms with E-state index >= 15 is 0 Å². The standard InChI is InChI=1S/C35H36ClF3N8O3/c1-3-31(48)44-24-7-6-21(4-5-22-16-30-26(18-28(22)36)33(43-20-42-30)47-14-12-41-13-15-47)29(17-24)46-34(49)27(19-40)32(35(37,38)39)45-23-8-10-25(50-2)11-9-23/h6-11,16-20,41H,3-5,12-15,40H2,1-2H3,(H,44,48)(H,46,49). The van der Waals surface area contributed by atoms with Gasteiger partial charge in [-0.05, 0) is 72.5 Å². The molecule has 50 heavy (non-hydrogen) atoms. The summed E-state index contributed by atoms with van der Waals surface area (Å²) < 4.78 is 47.9. The predicted octanol–water partition coefficient (Wildman–Crippen LogP) is 5.95. The van der Waals surface area contributed by atoms with Crippen LogP contribution in [0, 0.1) is 0 Å². The number of carbonyl (C=O) groups is 2. The summed E-state index contributed by atoms with van der Waals surface area (Å²) >= 11 is 6.77. The van der Waals surface area contributed by atoms with Gasteiger partial charge in [-0.2, -0.15) is 13.2 Å². The lowest BCUT2D eigenvalue weighted by molar-refractivity contribution is -0.116. The number of halogens is 4. The molecule has 2 amide bonds. The number of rotatable bonds is 11. The van der Waals surface area contributed by atoms with Crippen LogP contribution in [-0.4, -0.2) is 67.0 Å². The Balaban J connectivity index is 1.44. The van der Waals surface area contributed by atoms with Gasteiger partial charge in [0.1, 0.15) is 17.9 Å². The van der Waals surface area contributed by atoms with Crippen LogP contribution >= 0.6 is 11.6 Å². The van der Waals surface area contributed by atoms with Crippen LogP contribution < -0.4 is 31.3 Å². The molecular weight excluding hydrogens is 673 g/mol. The molecule has 3 aromatic carbocycles. The van der Waals surface area contributed by atoms with Crippen molar-refractivity contribution in [1.82, 2.24) is 15.3 Å². The molecule has 1 aromatic heterocycles. The molecule has 1 fully saturated rings. The van der Waals surface area contributed by atoms with Gasteiger partial charge in [-0.25, -0.2) is 15.0 Å². The first kappa shape index (κ1) is 36.1. The largest absolute Gasteiger partial charge is 0.497 e. The number of fused-ring (bicyclic) bond motifs is 1. The molecule has 15 heteroatoms.